The van der Waals surface area contributed by atoms with E-state index in [0.717, 1.165) is 28.5 Å². The number of alkyl halides is 3. The minimum Gasteiger partial charge on any atom is -0.356 e. The van der Waals surface area contributed by atoms with Crippen LogP contribution >= 0.6 is 11.8 Å². The van der Waals surface area contributed by atoms with Gasteiger partial charge in [-0.05, 0) is 18.9 Å². The minimum absolute atomic E-state index is 0.0282. The van der Waals surface area contributed by atoms with E-state index in [1.54, 1.807) is 6.20 Å². The first-order valence-electron chi connectivity index (χ1n) is 9.82. The number of carbonyl (C=O) groups excluding carboxylic acids is 1. The second-order valence-electron chi connectivity index (χ2n) is 6.99. The summed E-state index contributed by atoms with van der Waals surface area (Å²) in [7, 11) is 1.29. The van der Waals surface area contributed by atoms with Gasteiger partial charge in [-0.2, -0.15) is 18.3 Å². The summed E-state index contributed by atoms with van der Waals surface area (Å²) < 4.78 is 39.5. The highest BCUT2D eigenvalue weighted by molar-refractivity contribution is 8.09. The molecule has 1 fully saturated rings. The number of hydrogen-bond donors (Lipinski definition) is 1. The Balaban J connectivity index is 0.00000117. The van der Waals surface area contributed by atoms with Crippen LogP contribution in [0.2, 0.25) is 0 Å². The summed E-state index contributed by atoms with van der Waals surface area (Å²) >= 11 is 1.45. The lowest BCUT2D eigenvalue weighted by Crippen LogP contribution is -2.27. The first-order chi connectivity index (χ1) is 13.8. The van der Waals surface area contributed by atoms with Crippen molar-refractivity contribution in [3.05, 3.63) is 35.8 Å². The molecule has 9 heteroatoms. The SMILES string of the molecule is CC.Cn1nc(C2=CC3C(S2)C3C(=O)NCCCC2C=CN=C2)cc1C(F)(F)F. The number of aryl methyl sites for hydroxylation is 1. The molecular formula is C20H25F3N4OS. The third kappa shape index (κ3) is 4.76. The van der Waals surface area contributed by atoms with E-state index in [9.17, 15) is 18.0 Å². The molecule has 1 aliphatic carbocycles. The number of allylic oxidation sites excluding steroid dienone is 2. The molecule has 1 aromatic heterocycles. The Hall–Kier alpha value is -2.03. The van der Waals surface area contributed by atoms with Gasteiger partial charge in [-0.1, -0.05) is 26.0 Å². The number of nitrogens with one attached hydrogen (secondary N) is 1. The number of amides is 1. The molecule has 0 saturated heterocycles. The maximum absolute atomic E-state index is 12.9. The van der Waals surface area contributed by atoms with E-state index in [2.05, 4.69) is 15.4 Å². The molecule has 1 N–H and O–H groups in total. The molecule has 0 aromatic carbocycles. The van der Waals surface area contributed by atoms with Gasteiger partial charge in [0.2, 0.25) is 5.91 Å². The molecule has 1 saturated carbocycles. The average Bonchev–Trinajstić information content (AvgIpc) is 3.16. The number of aliphatic imine (C=N–C) groups is 1. The van der Waals surface area contributed by atoms with Crippen LogP contribution in [0.3, 0.4) is 0 Å². The van der Waals surface area contributed by atoms with Crippen LogP contribution in [0.25, 0.3) is 4.91 Å². The molecule has 0 spiro atoms. The standard InChI is InChI=1S/C18H19F3N4OS.C2H6/c1-25-14(18(19,20)21)8-12(24-25)13-7-11-15(16(11)27-13)17(26)23-5-2-3-10-4-6-22-9-10;1-2/h4,6-11,15-16H,2-3,5H2,1H3,(H,23,26);1-2H3. The van der Waals surface area contributed by atoms with E-state index < -0.39 is 11.9 Å². The van der Waals surface area contributed by atoms with Crippen LogP contribution in [0.5, 0.6) is 0 Å². The number of hydrogen-bond acceptors (Lipinski definition) is 4. The predicted molar refractivity (Wildman–Crippen MR) is 109 cm³/mol. The van der Waals surface area contributed by atoms with Gasteiger partial charge in [0.15, 0.2) is 0 Å². The van der Waals surface area contributed by atoms with Crippen LogP contribution in [0.4, 0.5) is 13.2 Å². The lowest BCUT2D eigenvalue weighted by molar-refractivity contribution is -0.143. The van der Waals surface area contributed by atoms with E-state index >= 15 is 0 Å². The molecule has 2 aliphatic heterocycles. The molecule has 4 unspecified atom stereocenters. The van der Waals surface area contributed by atoms with Crippen molar-refractivity contribution < 1.29 is 18.0 Å². The maximum atomic E-state index is 12.9. The van der Waals surface area contributed by atoms with E-state index in [0.29, 0.717) is 18.2 Å². The van der Waals surface area contributed by atoms with Crippen molar-refractivity contribution in [2.75, 3.05) is 6.54 Å². The van der Waals surface area contributed by atoms with Gasteiger partial charge in [-0.15, -0.1) is 11.8 Å². The molecule has 4 rings (SSSR count). The lowest BCUT2D eigenvalue weighted by atomic mass is 10.1. The fourth-order valence-corrected chi connectivity index (χ4v) is 5.06. The normalized spacial score (nSPS) is 26.6. The van der Waals surface area contributed by atoms with E-state index in [4.69, 9.17) is 0 Å². The molecule has 1 amide bonds. The second kappa shape index (κ2) is 8.77. The average molecular weight is 427 g/mol. The zero-order valence-electron chi connectivity index (χ0n) is 16.6. The van der Waals surface area contributed by atoms with Crippen molar-refractivity contribution in [1.82, 2.24) is 15.1 Å². The molecule has 0 radical (unpaired) electrons. The van der Waals surface area contributed by atoms with Gasteiger partial charge >= 0.3 is 6.18 Å². The molecule has 4 atom stereocenters. The number of rotatable bonds is 6. The Bertz CT molecular complexity index is 831. The topological polar surface area (TPSA) is 59.3 Å². The third-order valence-corrected chi connectivity index (χ3v) is 6.53. The van der Waals surface area contributed by atoms with Crippen LogP contribution in [0.1, 0.15) is 38.1 Å². The van der Waals surface area contributed by atoms with Crippen molar-refractivity contribution in [1.29, 1.82) is 0 Å². The van der Waals surface area contributed by atoms with Gasteiger partial charge in [0.25, 0.3) is 0 Å². The Labute approximate surface area is 172 Å². The smallest absolute Gasteiger partial charge is 0.356 e. The third-order valence-electron chi connectivity index (χ3n) is 5.05. The van der Waals surface area contributed by atoms with Gasteiger partial charge in [0, 0.05) is 48.0 Å². The van der Waals surface area contributed by atoms with Gasteiger partial charge in [0.05, 0.1) is 11.6 Å². The monoisotopic (exact) mass is 426 g/mol. The van der Waals surface area contributed by atoms with Crippen molar-refractivity contribution in [2.45, 2.75) is 38.1 Å². The van der Waals surface area contributed by atoms with Crippen LogP contribution < -0.4 is 5.32 Å². The zero-order chi connectivity index (χ0) is 21.2. The highest BCUT2D eigenvalue weighted by Gasteiger charge is 2.57. The number of fused-ring (bicyclic) bond motifs is 1. The molecular weight excluding hydrogens is 401 g/mol. The van der Waals surface area contributed by atoms with Crippen LogP contribution in [0.15, 0.2) is 29.4 Å². The first-order valence-corrected chi connectivity index (χ1v) is 10.7. The highest BCUT2D eigenvalue weighted by Crippen LogP contribution is 2.60. The molecule has 3 aliphatic rings. The summed E-state index contributed by atoms with van der Waals surface area (Å²) in [6.07, 6.45) is 5.04. The number of aromatic nitrogens is 2. The number of thioether (sulfide) groups is 1. The molecule has 3 heterocycles. The van der Waals surface area contributed by atoms with E-state index in [1.807, 2.05) is 32.2 Å². The van der Waals surface area contributed by atoms with Crippen LogP contribution in [-0.4, -0.2) is 33.7 Å². The van der Waals surface area contributed by atoms with Crippen molar-refractivity contribution in [2.24, 2.45) is 29.8 Å². The van der Waals surface area contributed by atoms with E-state index in [1.165, 1.54) is 18.8 Å². The zero-order valence-corrected chi connectivity index (χ0v) is 17.4. The Kier molecular flexibility index (Phi) is 6.55. The number of nitrogens with zero attached hydrogens (tertiary/aromatic N) is 3. The fourth-order valence-electron chi connectivity index (χ4n) is 3.55. The first kappa shape index (κ1) is 21.7. The van der Waals surface area contributed by atoms with Crippen LogP contribution in [-0.2, 0) is 18.0 Å². The molecule has 1 aromatic rings. The van der Waals surface area contributed by atoms with Crippen molar-refractivity contribution in [3.63, 3.8) is 0 Å². The number of carbonyl (C=O) groups is 1. The van der Waals surface area contributed by atoms with Crippen LogP contribution in [0, 0.1) is 17.8 Å². The van der Waals surface area contributed by atoms with Crippen molar-refractivity contribution in [3.8, 4) is 0 Å². The maximum Gasteiger partial charge on any atom is 0.433 e. The second-order valence-corrected chi connectivity index (χ2v) is 8.21. The summed E-state index contributed by atoms with van der Waals surface area (Å²) in [5, 5.41) is 7.05. The molecule has 5 nitrogen and oxygen atoms in total. The molecule has 29 heavy (non-hydrogen) atoms. The van der Waals surface area contributed by atoms with Gasteiger partial charge in [-0.3, -0.25) is 14.5 Å². The summed E-state index contributed by atoms with van der Waals surface area (Å²) in [5.41, 5.74) is -0.441. The highest BCUT2D eigenvalue weighted by atomic mass is 32.2. The summed E-state index contributed by atoms with van der Waals surface area (Å²) in [6, 6.07) is 1.07. The summed E-state index contributed by atoms with van der Waals surface area (Å²) in [4.78, 5) is 17.1. The largest absolute Gasteiger partial charge is 0.433 e. The Morgan fingerprint density at radius 3 is 2.66 bits per heavy atom. The fraction of sp³-hybridized carbons (Fsp3) is 0.550. The van der Waals surface area contributed by atoms with Gasteiger partial charge < -0.3 is 5.32 Å². The van der Waals surface area contributed by atoms with Gasteiger partial charge in [0.1, 0.15) is 5.69 Å². The minimum atomic E-state index is -4.42. The van der Waals surface area contributed by atoms with E-state index in [-0.39, 0.29) is 23.0 Å². The number of halogens is 3. The Morgan fingerprint density at radius 2 is 2.10 bits per heavy atom. The predicted octanol–water partition coefficient (Wildman–Crippen LogP) is 4.28. The quantitative estimate of drug-likeness (QED) is 0.691. The van der Waals surface area contributed by atoms with Gasteiger partial charge in [-0.25, -0.2) is 0 Å². The summed E-state index contributed by atoms with van der Waals surface area (Å²) in [6.45, 7) is 4.63. The summed E-state index contributed by atoms with van der Waals surface area (Å²) in [5.74, 6) is 0.396. The molecule has 0 bridgehead atoms. The lowest BCUT2D eigenvalue weighted by Gasteiger charge is -2.08. The van der Waals surface area contributed by atoms with Crippen molar-refractivity contribution >= 4 is 28.8 Å². The molecule has 158 valence electrons. The Morgan fingerprint density at radius 1 is 1.34 bits per heavy atom.